The number of fused-ring (bicyclic) bond motifs is 20. The molecular weight excluding hydrogens is 703 g/mol. The summed E-state index contributed by atoms with van der Waals surface area (Å²) in [5, 5.41) is 34.9. The van der Waals surface area contributed by atoms with Crippen LogP contribution in [0.25, 0.3) is 0 Å². The summed E-state index contributed by atoms with van der Waals surface area (Å²) >= 11 is 11.0. The summed E-state index contributed by atoms with van der Waals surface area (Å²) in [6.45, 7) is 0. The Morgan fingerprint density at radius 1 is 0.469 bits per heavy atom. The Morgan fingerprint density at radius 3 is 1.16 bits per heavy atom. The van der Waals surface area contributed by atoms with Crippen LogP contribution in [0.15, 0.2) is 18.2 Å². The normalized spacial score (nSPS) is 48.5. The number of nitrogens with one attached hydrogen (secondary N) is 8. The van der Waals surface area contributed by atoms with Crippen molar-refractivity contribution in [2.75, 3.05) is 0 Å². The minimum absolute atomic E-state index is 0. The molecule has 9 aliphatic rings. The molecule has 8 bridgehead atoms. The van der Waals surface area contributed by atoms with E-state index in [-0.39, 0.29) is 17.1 Å². The number of benzene rings is 1. The molecule has 1 aromatic rings. The number of halogens is 2. The first-order valence-electron chi connectivity index (χ1n) is 19.8. The smallest absolute Gasteiger partial charge is 0.322 e. The Balaban J connectivity index is 0.000000344. The van der Waals surface area contributed by atoms with Gasteiger partial charge in [-0.25, -0.2) is 0 Å². The van der Waals surface area contributed by atoms with Crippen LogP contribution in [0.5, 0.6) is 0 Å². The van der Waals surface area contributed by atoms with Crippen molar-refractivity contribution in [3.63, 3.8) is 0 Å². The average molecular weight is 761 g/mol. The molecule has 49 heavy (non-hydrogen) atoms. The molecule has 275 valence electrons. The van der Waals surface area contributed by atoms with Crippen LogP contribution in [-0.4, -0.2) is 49.3 Å². The first-order chi connectivity index (χ1) is 23.6. The van der Waals surface area contributed by atoms with Gasteiger partial charge in [0.05, 0.1) is 43.2 Å². The van der Waals surface area contributed by atoms with Crippen molar-refractivity contribution in [2.24, 2.45) is 47.3 Å². The Bertz CT molecular complexity index is 1020. The van der Waals surface area contributed by atoms with Crippen molar-refractivity contribution in [3.05, 3.63) is 40.7 Å². The maximum absolute atomic E-state index is 5.52. The topological polar surface area (TPSA) is 96.2 Å². The summed E-state index contributed by atoms with van der Waals surface area (Å²) < 4.78 is 0. The molecule has 0 amide bonds. The second kappa shape index (κ2) is 15.8. The van der Waals surface area contributed by atoms with Gasteiger partial charge in [0.1, 0.15) is 0 Å². The van der Waals surface area contributed by atoms with Gasteiger partial charge < -0.3 is 6.42 Å². The molecule has 0 spiro atoms. The first kappa shape index (κ1) is 36.0. The molecule has 5 aliphatic heterocycles. The van der Waals surface area contributed by atoms with Crippen LogP contribution in [0.4, 0.5) is 0 Å². The van der Waals surface area contributed by atoms with Gasteiger partial charge >= 0.3 is 17.1 Å². The SMILES string of the molecule is Clc1[c-]cc(Cl)cc1.[CH-]1CCCC2C3NC(NC4NC(NC5NC(NC6NC(N3)C3CCCCC63)C3CCCCC53)C3CCCCC43)C12.[Cu+2]. The van der Waals surface area contributed by atoms with Gasteiger partial charge in [-0.3, -0.25) is 42.5 Å². The van der Waals surface area contributed by atoms with Crippen molar-refractivity contribution in [2.45, 2.75) is 146 Å². The Labute approximate surface area is 315 Å². The van der Waals surface area contributed by atoms with Crippen LogP contribution in [0.2, 0.25) is 10.0 Å². The van der Waals surface area contributed by atoms with E-state index in [1.54, 1.807) is 18.2 Å². The van der Waals surface area contributed by atoms with Crippen LogP contribution in [0.1, 0.15) is 96.3 Å². The molecule has 16 atom stereocenters. The minimum Gasteiger partial charge on any atom is -0.322 e. The van der Waals surface area contributed by atoms with Crippen molar-refractivity contribution >= 4 is 23.2 Å². The van der Waals surface area contributed by atoms with E-state index in [1.807, 2.05) is 0 Å². The van der Waals surface area contributed by atoms with Gasteiger partial charge in [0.2, 0.25) is 0 Å². The second-order valence-corrected chi connectivity index (χ2v) is 17.6. The van der Waals surface area contributed by atoms with Gasteiger partial charge in [-0.1, -0.05) is 61.4 Å². The molecule has 8 nitrogen and oxygen atoms in total. The Morgan fingerprint density at radius 2 is 0.816 bits per heavy atom. The molecule has 5 heterocycles. The number of hydrogen-bond donors (Lipinski definition) is 8. The third kappa shape index (κ3) is 7.29. The first-order valence-corrected chi connectivity index (χ1v) is 20.6. The van der Waals surface area contributed by atoms with E-state index in [9.17, 15) is 0 Å². The van der Waals surface area contributed by atoms with E-state index in [0.29, 0.717) is 71.2 Å². The van der Waals surface area contributed by atoms with Crippen LogP contribution in [0, 0.1) is 59.8 Å². The van der Waals surface area contributed by atoms with E-state index in [4.69, 9.17) is 23.2 Å². The van der Waals surface area contributed by atoms with Crippen molar-refractivity contribution in [3.8, 4) is 0 Å². The number of hydrogen-bond acceptors (Lipinski definition) is 8. The van der Waals surface area contributed by atoms with Crippen LogP contribution in [-0.2, 0) is 17.1 Å². The third-order valence-corrected chi connectivity index (χ3v) is 14.8. The second-order valence-electron chi connectivity index (χ2n) is 16.8. The zero-order valence-electron chi connectivity index (χ0n) is 28.7. The zero-order valence-corrected chi connectivity index (χ0v) is 31.2. The van der Waals surface area contributed by atoms with Gasteiger partial charge in [0.25, 0.3) is 0 Å². The van der Waals surface area contributed by atoms with Gasteiger partial charge in [0, 0.05) is 6.17 Å². The summed E-state index contributed by atoms with van der Waals surface area (Å²) in [6, 6.07) is 7.78. The number of rotatable bonds is 0. The molecular formula is C38H58Cl2CuN8. The molecule has 4 saturated carbocycles. The molecule has 11 heteroatoms. The summed E-state index contributed by atoms with van der Waals surface area (Å²) in [5.74, 6) is 5.74. The fourth-order valence-electron chi connectivity index (χ4n) is 12.1. The predicted molar refractivity (Wildman–Crippen MR) is 192 cm³/mol. The van der Waals surface area contributed by atoms with Crippen LogP contribution in [0.3, 0.4) is 0 Å². The van der Waals surface area contributed by atoms with E-state index < -0.39 is 0 Å². The maximum atomic E-state index is 5.52. The summed E-state index contributed by atoms with van der Waals surface area (Å²) in [6.07, 6.45) is 26.4. The Kier molecular flexibility index (Phi) is 11.6. The largest absolute Gasteiger partial charge is 2.00 e. The molecule has 8 N–H and O–H groups in total. The zero-order chi connectivity index (χ0) is 32.2. The quantitative estimate of drug-likeness (QED) is 0.135. The van der Waals surface area contributed by atoms with Gasteiger partial charge in [0.15, 0.2) is 0 Å². The summed E-state index contributed by atoms with van der Waals surface area (Å²) in [7, 11) is 0. The van der Waals surface area contributed by atoms with Crippen molar-refractivity contribution < 1.29 is 17.1 Å². The molecule has 16 unspecified atom stereocenters. The van der Waals surface area contributed by atoms with E-state index >= 15 is 0 Å². The standard InChI is InChI=1S/C32H55N8.C6H3Cl2.Cu/c1-2-10-18-17(9-1)25-33-26(18)38-28-21-13-5-6-14-22(21)30(35-28)40-32-24-16-8-7-15-23(24)31(36-32)39-29-20-12-4-3-11-19(20)27(34-29)37-25;7-5-1-2-6(8)4-3-5;/h9,17-40H,1-8,10-16H2;1-3H;/q2*-1;+2. The summed E-state index contributed by atoms with van der Waals surface area (Å²) in [5.41, 5.74) is 0. The third-order valence-electron chi connectivity index (χ3n) is 14.3. The van der Waals surface area contributed by atoms with Gasteiger partial charge in [-0.05, 0) is 80.0 Å². The monoisotopic (exact) mass is 759 g/mol. The van der Waals surface area contributed by atoms with Crippen molar-refractivity contribution in [1.29, 1.82) is 0 Å². The average Bonchev–Trinajstić information content (AvgIpc) is 3.86. The van der Waals surface area contributed by atoms with Crippen LogP contribution >= 0.6 is 23.2 Å². The molecule has 5 saturated heterocycles. The molecule has 10 rings (SSSR count). The van der Waals surface area contributed by atoms with Crippen molar-refractivity contribution in [1.82, 2.24) is 42.5 Å². The van der Waals surface area contributed by atoms with E-state index in [0.717, 1.165) is 35.5 Å². The molecule has 9 fully saturated rings. The fraction of sp³-hybridized carbons (Fsp3) is 0.816. The fourth-order valence-corrected chi connectivity index (χ4v) is 12.4. The Hall–Kier alpha value is -0.000519. The van der Waals surface area contributed by atoms with Crippen LogP contribution < -0.4 is 42.5 Å². The maximum Gasteiger partial charge on any atom is 2.00 e. The summed E-state index contributed by atoms with van der Waals surface area (Å²) in [4.78, 5) is 0. The van der Waals surface area contributed by atoms with E-state index in [2.05, 4.69) is 55.0 Å². The minimum atomic E-state index is 0. The molecule has 1 radical (unpaired) electrons. The van der Waals surface area contributed by atoms with Gasteiger partial charge in [-0.2, -0.15) is 42.3 Å². The van der Waals surface area contributed by atoms with Gasteiger partial charge in [-0.15, -0.1) is 17.5 Å². The predicted octanol–water partition coefficient (Wildman–Crippen LogP) is 5.21. The van der Waals surface area contributed by atoms with E-state index in [1.165, 1.54) is 96.3 Å². The molecule has 0 aromatic heterocycles. The molecule has 1 aromatic carbocycles. The molecule has 4 aliphatic carbocycles.